The molecule has 0 unspecified atom stereocenters. The highest BCUT2D eigenvalue weighted by Gasteiger charge is 2.28. The van der Waals surface area contributed by atoms with Gasteiger partial charge in [-0.05, 0) is 55.5 Å². The van der Waals surface area contributed by atoms with Crippen LogP contribution in [-0.4, -0.2) is 32.2 Å². The second kappa shape index (κ2) is 8.10. The number of amidine groups is 1. The Morgan fingerprint density at radius 3 is 2.50 bits per heavy atom. The number of halogens is 1. The van der Waals surface area contributed by atoms with Crippen molar-refractivity contribution in [2.24, 2.45) is 5.10 Å². The molecule has 0 fully saturated rings. The van der Waals surface area contributed by atoms with Crippen LogP contribution in [0.5, 0.6) is 5.75 Å². The maximum absolute atomic E-state index is 12.5. The van der Waals surface area contributed by atoms with Crippen molar-refractivity contribution in [1.82, 2.24) is 0 Å². The van der Waals surface area contributed by atoms with E-state index in [0.29, 0.717) is 41.9 Å². The summed E-state index contributed by atoms with van der Waals surface area (Å²) in [6, 6.07) is 14.6. The molecule has 136 valence electrons. The van der Waals surface area contributed by atoms with Crippen LogP contribution in [0.4, 0.5) is 16.2 Å². The van der Waals surface area contributed by atoms with Gasteiger partial charge in [0.2, 0.25) is 0 Å². The Morgan fingerprint density at radius 1 is 1.19 bits per heavy atom. The van der Waals surface area contributed by atoms with Crippen LogP contribution in [0.15, 0.2) is 53.6 Å². The molecule has 0 bridgehead atoms. The fraction of sp³-hybridized carbons (Fsp3) is 0.263. The lowest BCUT2D eigenvalue weighted by Crippen LogP contribution is -2.36. The summed E-state index contributed by atoms with van der Waals surface area (Å²) >= 11 is 5.94. The highest BCUT2D eigenvalue weighted by Crippen LogP contribution is 2.26. The van der Waals surface area contributed by atoms with Gasteiger partial charge in [-0.25, -0.2) is 9.69 Å². The number of carbonyl (C=O) groups is 1. The third-order valence-electron chi connectivity index (χ3n) is 3.95. The molecule has 0 aliphatic carbocycles. The van der Waals surface area contributed by atoms with Crippen LogP contribution in [0.2, 0.25) is 5.02 Å². The Kier molecular flexibility index (Phi) is 5.63. The summed E-state index contributed by atoms with van der Waals surface area (Å²) < 4.78 is 10.4. The van der Waals surface area contributed by atoms with Gasteiger partial charge in [-0.3, -0.25) is 5.01 Å². The van der Waals surface area contributed by atoms with Crippen LogP contribution in [0.3, 0.4) is 0 Å². The Labute approximate surface area is 157 Å². The van der Waals surface area contributed by atoms with Gasteiger partial charge in [0.1, 0.15) is 11.6 Å². The summed E-state index contributed by atoms with van der Waals surface area (Å²) in [6.45, 7) is 2.74. The van der Waals surface area contributed by atoms with Crippen molar-refractivity contribution in [1.29, 1.82) is 0 Å². The fourth-order valence-electron chi connectivity index (χ4n) is 2.68. The zero-order valence-electron chi connectivity index (χ0n) is 14.7. The number of carbonyl (C=O) groups excluding carboxylic acids is 1. The van der Waals surface area contributed by atoms with Gasteiger partial charge in [-0.15, -0.1) is 0 Å². The highest BCUT2D eigenvalue weighted by atomic mass is 35.5. The monoisotopic (exact) mass is 373 g/mol. The van der Waals surface area contributed by atoms with Gasteiger partial charge in [0, 0.05) is 18.0 Å². The molecular formula is C19H20ClN3O3. The molecule has 0 radical (unpaired) electrons. The van der Waals surface area contributed by atoms with E-state index in [-0.39, 0.29) is 0 Å². The zero-order chi connectivity index (χ0) is 18.5. The minimum Gasteiger partial charge on any atom is -0.497 e. The first-order valence-corrected chi connectivity index (χ1v) is 8.71. The lowest BCUT2D eigenvalue weighted by molar-refractivity contribution is 0.163. The summed E-state index contributed by atoms with van der Waals surface area (Å²) in [6.07, 6.45) is 0.169. The molecule has 0 saturated heterocycles. The average molecular weight is 374 g/mol. The molecular weight excluding hydrogens is 354 g/mol. The van der Waals surface area contributed by atoms with Crippen LogP contribution >= 0.6 is 11.6 Å². The molecule has 6 nitrogen and oxygen atoms in total. The first kappa shape index (κ1) is 18.1. The second-order valence-electron chi connectivity index (χ2n) is 5.60. The maximum atomic E-state index is 12.5. The Hall–Kier alpha value is -2.73. The summed E-state index contributed by atoms with van der Waals surface area (Å²) in [7, 11) is 1.60. The third kappa shape index (κ3) is 3.91. The molecule has 0 N–H and O–H groups in total. The SMILES string of the molecule is CCOC(=O)N(C1=NN(c2ccc(Cl)cc2)CC1)c1ccc(OC)cc1. The molecule has 1 aliphatic heterocycles. The smallest absolute Gasteiger partial charge is 0.419 e. The number of anilines is 2. The quantitative estimate of drug-likeness (QED) is 0.789. The van der Waals surface area contributed by atoms with E-state index in [0.717, 1.165) is 5.69 Å². The van der Waals surface area contributed by atoms with Crippen molar-refractivity contribution in [3.8, 4) is 5.75 Å². The zero-order valence-corrected chi connectivity index (χ0v) is 15.4. The Bertz CT molecular complexity index is 791. The van der Waals surface area contributed by atoms with Gasteiger partial charge in [0.05, 0.1) is 25.1 Å². The molecule has 1 heterocycles. The van der Waals surface area contributed by atoms with Crippen LogP contribution in [0.1, 0.15) is 13.3 Å². The molecule has 0 saturated carbocycles. The maximum Gasteiger partial charge on any atom is 0.419 e. The van der Waals surface area contributed by atoms with Gasteiger partial charge in [0.15, 0.2) is 0 Å². The molecule has 2 aromatic rings. The van der Waals surface area contributed by atoms with E-state index in [2.05, 4.69) is 5.10 Å². The predicted octanol–water partition coefficient (Wildman–Crippen LogP) is 4.54. The standard InChI is InChI=1S/C19H20ClN3O3/c1-3-26-19(24)23(16-8-10-17(25-2)11-9-16)18-12-13-22(21-18)15-6-4-14(20)5-7-15/h4-11H,3,12-13H2,1-2H3. The van der Waals surface area contributed by atoms with E-state index in [1.165, 1.54) is 4.90 Å². The highest BCUT2D eigenvalue weighted by molar-refractivity contribution is 6.30. The van der Waals surface area contributed by atoms with E-state index in [1.54, 1.807) is 26.2 Å². The topological polar surface area (TPSA) is 54.4 Å². The number of hydrogen-bond donors (Lipinski definition) is 0. The van der Waals surface area contributed by atoms with Crippen molar-refractivity contribution in [3.05, 3.63) is 53.6 Å². The van der Waals surface area contributed by atoms with E-state index >= 15 is 0 Å². The average Bonchev–Trinajstić information content (AvgIpc) is 3.13. The number of amides is 1. The molecule has 0 atom stereocenters. The first-order valence-electron chi connectivity index (χ1n) is 8.34. The van der Waals surface area contributed by atoms with E-state index < -0.39 is 6.09 Å². The lowest BCUT2D eigenvalue weighted by Gasteiger charge is -2.21. The summed E-state index contributed by atoms with van der Waals surface area (Å²) in [4.78, 5) is 14.0. The summed E-state index contributed by atoms with van der Waals surface area (Å²) in [5, 5.41) is 7.13. The molecule has 0 spiro atoms. The Balaban J connectivity index is 1.89. The number of benzene rings is 2. The molecule has 1 amide bonds. The molecule has 26 heavy (non-hydrogen) atoms. The molecule has 1 aliphatic rings. The largest absolute Gasteiger partial charge is 0.497 e. The van der Waals surface area contributed by atoms with E-state index in [1.807, 2.05) is 41.4 Å². The van der Waals surface area contributed by atoms with E-state index in [4.69, 9.17) is 21.1 Å². The molecule has 3 rings (SSSR count). The number of hydrogen-bond acceptors (Lipinski definition) is 5. The van der Waals surface area contributed by atoms with Crippen LogP contribution in [0, 0.1) is 0 Å². The molecule has 0 aromatic heterocycles. The van der Waals surface area contributed by atoms with Gasteiger partial charge in [-0.2, -0.15) is 5.10 Å². The minimum absolute atomic E-state index is 0.291. The van der Waals surface area contributed by atoms with Gasteiger partial charge < -0.3 is 9.47 Å². The second-order valence-corrected chi connectivity index (χ2v) is 6.03. The van der Waals surface area contributed by atoms with Crippen molar-refractivity contribution in [3.63, 3.8) is 0 Å². The third-order valence-corrected chi connectivity index (χ3v) is 4.20. The first-order chi connectivity index (χ1) is 12.6. The van der Waals surface area contributed by atoms with Crippen LogP contribution in [0.25, 0.3) is 0 Å². The minimum atomic E-state index is -0.450. The molecule has 2 aromatic carbocycles. The number of hydrazone groups is 1. The number of methoxy groups -OCH3 is 1. The van der Waals surface area contributed by atoms with Crippen LogP contribution in [-0.2, 0) is 4.74 Å². The van der Waals surface area contributed by atoms with Crippen molar-refractivity contribution >= 4 is 34.9 Å². The number of nitrogens with zero attached hydrogens (tertiary/aromatic N) is 3. The fourth-order valence-corrected chi connectivity index (χ4v) is 2.81. The van der Waals surface area contributed by atoms with Gasteiger partial charge in [-0.1, -0.05) is 11.6 Å². The van der Waals surface area contributed by atoms with Crippen LogP contribution < -0.4 is 14.6 Å². The predicted molar refractivity (Wildman–Crippen MR) is 103 cm³/mol. The summed E-state index contributed by atoms with van der Waals surface area (Å²) in [5.41, 5.74) is 1.60. The Morgan fingerprint density at radius 2 is 1.88 bits per heavy atom. The van der Waals surface area contributed by atoms with Crippen molar-refractivity contribution < 1.29 is 14.3 Å². The van der Waals surface area contributed by atoms with Gasteiger partial charge in [0.25, 0.3) is 0 Å². The van der Waals surface area contributed by atoms with Crippen molar-refractivity contribution in [2.45, 2.75) is 13.3 Å². The normalized spacial score (nSPS) is 13.3. The number of rotatable bonds is 4. The van der Waals surface area contributed by atoms with Gasteiger partial charge >= 0.3 is 6.09 Å². The lowest BCUT2D eigenvalue weighted by atomic mass is 10.2. The summed E-state index contributed by atoms with van der Waals surface area (Å²) in [5.74, 6) is 1.34. The van der Waals surface area contributed by atoms with Crippen molar-refractivity contribution in [2.75, 3.05) is 30.2 Å². The van der Waals surface area contributed by atoms with E-state index in [9.17, 15) is 4.79 Å². The number of ether oxygens (including phenoxy) is 2. The molecule has 7 heteroatoms.